The van der Waals surface area contributed by atoms with Crippen LogP contribution in [0, 0.1) is 19.7 Å². The van der Waals surface area contributed by atoms with Gasteiger partial charge in [0, 0.05) is 13.6 Å². The molecule has 0 saturated heterocycles. The number of rotatable bonds is 9. The molecule has 3 rings (SSSR count). The summed E-state index contributed by atoms with van der Waals surface area (Å²) in [7, 11) is -2.75. The summed E-state index contributed by atoms with van der Waals surface area (Å²) >= 11 is 0. The first-order valence-electron chi connectivity index (χ1n) is 11.4. The predicted octanol–water partition coefficient (Wildman–Crippen LogP) is 3.80. The van der Waals surface area contributed by atoms with Crippen LogP contribution in [0.1, 0.15) is 23.6 Å². The third-order valence-electron chi connectivity index (χ3n) is 5.89. The van der Waals surface area contributed by atoms with Crippen LogP contribution in [0.3, 0.4) is 0 Å². The molecule has 0 aliphatic rings. The lowest BCUT2D eigenvalue weighted by molar-refractivity contribution is -0.139. The molecule has 0 aliphatic heterocycles. The van der Waals surface area contributed by atoms with Gasteiger partial charge in [0.2, 0.25) is 11.8 Å². The van der Waals surface area contributed by atoms with E-state index in [1.807, 2.05) is 38.1 Å². The summed E-state index contributed by atoms with van der Waals surface area (Å²) in [6.45, 7) is 4.97. The number of anilines is 1. The molecule has 2 amide bonds. The molecule has 1 atom stereocenters. The van der Waals surface area contributed by atoms with Gasteiger partial charge in [-0.05, 0) is 62.7 Å². The summed E-state index contributed by atoms with van der Waals surface area (Å²) in [5.74, 6) is -1.51. The minimum atomic E-state index is -4.22. The number of aryl methyl sites for hydroxylation is 2. The summed E-state index contributed by atoms with van der Waals surface area (Å²) in [6.07, 6.45) is 0. The van der Waals surface area contributed by atoms with E-state index in [1.54, 1.807) is 31.2 Å². The number of carbonyl (C=O) groups excluding carboxylic acids is 2. The average Bonchev–Trinajstić information content (AvgIpc) is 2.86. The van der Waals surface area contributed by atoms with E-state index >= 15 is 0 Å². The molecular weight excluding hydrogens is 481 g/mol. The van der Waals surface area contributed by atoms with Gasteiger partial charge < -0.3 is 10.2 Å². The second-order valence-electron chi connectivity index (χ2n) is 8.60. The zero-order chi connectivity index (χ0) is 26.5. The van der Waals surface area contributed by atoms with Gasteiger partial charge in [-0.25, -0.2) is 12.8 Å². The fraction of sp³-hybridized carbons (Fsp3) is 0.259. The van der Waals surface area contributed by atoms with Gasteiger partial charge in [-0.15, -0.1) is 0 Å². The van der Waals surface area contributed by atoms with Crippen molar-refractivity contribution in [2.45, 2.75) is 38.3 Å². The average molecular weight is 512 g/mol. The molecule has 0 aliphatic carbocycles. The molecule has 0 spiro atoms. The van der Waals surface area contributed by atoms with Crippen LogP contribution >= 0.6 is 0 Å². The Labute approximate surface area is 211 Å². The van der Waals surface area contributed by atoms with Gasteiger partial charge in [0.05, 0.1) is 10.6 Å². The molecule has 3 aromatic carbocycles. The number of hydrogen-bond acceptors (Lipinski definition) is 4. The van der Waals surface area contributed by atoms with E-state index in [9.17, 15) is 22.4 Å². The Balaban J connectivity index is 2.01. The van der Waals surface area contributed by atoms with Crippen LogP contribution in [-0.4, -0.2) is 44.8 Å². The van der Waals surface area contributed by atoms with E-state index in [-0.39, 0.29) is 23.0 Å². The number of nitrogens with one attached hydrogen (secondary N) is 1. The number of sulfonamides is 1. The number of carbonyl (C=O) groups is 2. The van der Waals surface area contributed by atoms with Crippen molar-refractivity contribution >= 4 is 27.5 Å². The van der Waals surface area contributed by atoms with Crippen molar-refractivity contribution in [3.05, 3.63) is 95.3 Å². The molecule has 0 aromatic heterocycles. The summed E-state index contributed by atoms with van der Waals surface area (Å²) in [5.41, 5.74) is 3.04. The Morgan fingerprint density at radius 3 is 1.94 bits per heavy atom. The Morgan fingerprint density at radius 2 is 1.42 bits per heavy atom. The molecule has 0 saturated carbocycles. The van der Waals surface area contributed by atoms with Gasteiger partial charge in [-0.1, -0.05) is 47.5 Å². The van der Waals surface area contributed by atoms with E-state index in [0.717, 1.165) is 45.3 Å². The maximum Gasteiger partial charge on any atom is 0.264 e. The van der Waals surface area contributed by atoms with Gasteiger partial charge in [-0.2, -0.15) is 0 Å². The molecule has 190 valence electrons. The number of hydrogen-bond donors (Lipinski definition) is 1. The highest BCUT2D eigenvalue weighted by Crippen LogP contribution is 2.25. The Bertz CT molecular complexity index is 1310. The van der Waals surface area contributed by atoms with Crippen LogP contribution in [0.4, 0.5) is 10.1 Å². The molecule has 36 heavy (non-hydrogen) atoms. The van der Waals surface area contributed by atoms with Crippen molar-refractivity contribution in [1.29, 1.82) is 0 Å². The highest BCUT2D eigenvalue weighted by molar-refractivity contribution is 7.92. The van der Waals surface area contributed by atoms with E-state index in [1.165, 1.54) is 11.9 Å². The van der Waals surface area contributed by atoms with Crippen LogP contribution in [0.25, 0.3) is 0 Å². The molecule has 0 fully saturated rings. The quantitative estimate of drug-likeness (QED) is 0.474. The number of amides is 2. The summed E-state index contributed by atoms with van der Waals surface area (Å²) < 4.78 is 41.7. The van der Waals surface area contributed by atoms with E-state index < -0.39 is 34.3 Å². The maximum absolute atomic E-state index is 13.6. The number of halogens is 1. The minimum Gasteiger partial charge on any atom is -0.357 e. The first-order chi connectivity index (χ1) is 17.0. The Morgan fingerprint density at radius 1 is 0.889 bits per heavy atom. The third-order valence-corrected chi connectivity index (χ3v) is 7.68. The van der Waals surface area contributed by atoms with Crippen molar-refractivity contribution in [2.24, 2.45) is 0 Å². The zero-order valence-corrected chi connectivity index (χ0v) is 21.5. The van der Waals surface area contributed by atoms with Crippen molar-refractivity contribution in [1.82, 2.24) is 10.2 Å². The first-order valence-corrected chi connectivity index (χ1v) is 12.9. The first kappa shape index (κ1) is 26.9. The topological polar surface area (TPSA) is 86.8 Å². The fourth-order valence-corrected chi connectivity index (χ4v) is 5.07. The smallest absolute Gasteiger partial charge is 0.264 e. The molecule has 7 nitrogen and oxygen atoms in total. The molecule has 0 unspecified atom stereocenters. The second kappa shape index (κ2) is 11.3. The minimum absolute atomic E-state index is 0.117. The fourth-order valence-electron chi connectivity index (χ4n) is 3.66. The lowest BCUT2D eigenvalue weighted by atomic mass is 10.1. The summed E-state index contributed by atoms with van der Waals surface area (Å²) in [5, 5.41) is 2.55. The van der Waals surface area contributed by atoms with Gasteiger partial charge >= 0.3 is 0 Å². The predicted molar refractivity (Wildman–Crippen MR) is 137 cm³/mol. The largest absolute Gasteiger partial charge is 0.357 e. The van der Waals surface area contributed by atoms with Gasteiger partial charge in [0.15, 0.2) is 0 Å². The molecular formula is C27H30FN3O4S. The summed E-state index contributed by atoms with van der Waals surface area (Å²) in [4.78, 5) is 27.3. The van der Waals surface area contributed by atoms with Crippen LogP contribution in [-0.2, 0) is 26.2 Å². The van der Waals surface area contributed by atoms with Crippen molar-refractivity contribution in [3.8, 4) is 0 Å². The highest BCUT2D eigenvalue weighted by Gasteiger charge is 2.32. The van der Waals surface area contributed by atoms with Crippen LogP contribution in [0.2, 0.25) is 0 Å². The number of likely N-dealkylation sites (N-methyl/N-ethyl adjacent to an activating group) is 1. The van der Waals surface area contributed by atoms with Crippen LogP contribution < -0.4 is 9.62 Å². The normalized spacial score (nSPS) is 12.0. The highest BCUT2D eigenvalue weighted by atomic mass is 32.2. The van der Waals surface area contributed by atoms with Gasteiger partial charge in [0.25, 0.3) is 10.0 Å². The van der Waals surface area contributed by atoms with E-state index in [4.69, 9.17) is 0 Å². The van der Waals surface area contributed by atoms with Crippen LogP contribution in [0.15, 0.2) is 77.7 Å². The molecule has 0 radical (unpaired) electrons. The number of nitrogens with zero attached hydrogens (tertiary/aromatic N) is 2. The Kier molecular flexibility index (Phi) is 8.47. The summed E-state index contributed by atoms with van der Waals surface area (Å²) in [6, 6.07) is 17.8. The maximum atomic E-state index is 13.6. The lowest BCUT2D eigenvalue weighted by Crippen LogP contribution is -2.50. The molecule has 0 heterocycles. The zero-order valence-electron chi connectivity index (χ0n) is 20.7. The van der Waals surface area contributed by atoms with Crippen molar-refractivity contribution in [3.63, 3.8) is 0 Å². The second-order valence-corrected chi connectivity index (χ2v) is 10.5. The standard InChI is InChI=1S/C27H30FN3O4S/c1-19-5-9-22(10-6-19)17-30(21(3)27(33)29-4)26(32)18-31(24-13-7-20(2)8-14-24)36(34,35)25-15-11-23(28)12-16-25/h5-16,21H,17-18H2,1-4H3,(H,29,33)/t21-/m1/s1. The monoisotopic (exact) mass is 511 g/mol. The Hall–Kier alpha value is -3.72. The van der Waals surface area contributed by atoms with Gasteiger partial charge in [0.1, 0.15) is 18.4 Å². The molecule has 9 heteroatoms. The van der Waals surface area contributed by atoms with Crippen molar-refractivity contribution in [2.75, 3.05) is 17.9 Å². The van der Waals surface area contributed by atoms with Gasteiger partial charge in [-0.3, -0.25) is 13.9 Å². The molecule has 3 aromatic rings. The van der Waals surface area contributed by atoms with E-state index in [2.05, 4.69) is 5.32 Å². The third kappa shape index (κ3) is 6.28. The lowest BCUT2D eigenvalue weighted by Gasteiger charge is -2.31. The SMILES string of the molecule is CNC(=O)[C@@H](C)N(Cc1ccc(C)cc1)C(=O)CN(c1ccc(C)cc1)S(=O)(=O)c1ccc(F)cc1. The van der Waals surface area contributed by atoms with Crippen LogP contribution in [0.5, 0.6) is 0 Å². The van der Waals surface area contributed by atoms with Crippen molar-refractivity contribution < 1.29 is 22.4 Å². The molecule has 0 bridgehead atoms. The molecule has 1 N–H and O–H groups in total. The number of benzene rings is 3. The van der Waals surface area contributed by atoms with E-state index in [0.29, 0.717) is 0 Å².